The van der Waals surface area contributed by atoms with Crippen molar-refractivity contribution in [3.05, 3.63) is 29.8 Å². The van der Waals surface area contributed by atoms with E-state index in [0.717, 1.165) is 6.42 Å². The van der Waals surface area contributed by atoms with Crippen LogP contribution in [0, 0.1) is 5.92 Å². The monoisotopic (exact) mass is 700 g/mol. The number of ether oxygens (including phenoxy) is 1. The lowest BCUT2D eigenvalue weighted by molar-refractivity contribution is -0.138. The number of primary amides is 1. The summed E-state index contributed by atoms with van der Waals surface area (Å²) in [4.78, 5) is 87.8. The number of benzene rings is 1. The van der Waals surface area contributed by atoms with Gasteiger partial charge in [-0.2, -0.15) is 0 Å². The first-order valence-electron chi connectivity index (χ1n) is 16.7. The molecule has 1 fully saturated rings. The van der Waals surface area contributed by atoms with Crippen molar-refractivity contribution in [2.75, 3.05) is 18.4 Å². The van der Waals surface area contributed by atoms with Gasteiger partial charge in [0.1, 0.15) is 18.7 Å². The number of carbonyl (C=O) groups is 7. The summed E-state index contributed by atoms with van der Waals surface area (Å²) in [6.45, 7) is 8.11. The molecule has 0 saturated carbocycles. The molecule has 2 radical (unpaired) electrons. The van der Waals surface area contributed by atoms with Crippen LogP contribution in [0.25, 0.3) is 0 Å². The fourth-order valence-corrected chi connectivity index (χ4v) is 6.24. The van der Waals surface area contributed by atoms with Crippen molar-refractivity contribution in [2.24, 2.45) is 11.7 Å². The number of anilines is 1. The zero-order chi connectivity index (χ0) is 36.5. The van der Waals surface area contributed by atoms with Crippen molar-refractivity contribution in [1.29, 1.82) is 0 Å². The Labute approximate surface area is 293 Å². The Morgan fingerprint density at radius 1 is 1.00 bits per heavy atom. The standard InChI is InChI=1S/C33H49BN6O8S/c1-5-21(4)49-25-18-27(42)40(31(25)45)17-8-6-7-11-26(41)39-28(20(2)3)30(44)38-24(10-9-16-36-33(35)47)29(43)37-23-14-12-22(13-15-23)19-48-32(34)46/h12-15,20-21,24-25,28H,5-11,16-19H2,1-4H3,(H,37,43)(H,38,44)(H,39,41)(H3,35,36,47)/t21?,24-,25?,28?/m0/s1. The number of nitrogens with zero attached hydrogens (tertiary/aromatic N) is 1. The van der Waals surface area contributed by atoms with Crippen molar-refractivity contribution in [3.63, 3.8) is 0 Å². The molecule has 0 aromatic heterocycles. The third-order valence-corrected chi connectivity index (χ3v) is 9.42. The van der Waals surface area contributed by atoms with Crippen molar-refractivity contribution in [1.82, 2.24) is 20.9 Å². The van der Waals surface area contributed by atoms with Crippen LogP contribution in [0.15, 0.2) is 24.3 Å². The lowest BCUT2D eigenvalue weighted by Gasteiger charge is -2.25. The number of hydrogen-bond acceptors (Lipinski definition) is 9. The molecule has 16 heteroatoms. The molecule has 49 heavy (non-hydrogen) atoms. The van der Waals surface area contributed by atoms with E-state index in [0.29, 0.717) is 48.7 Å². The predicted molar refractivity (Wildman–Crippen MR) is 187 cm³/mol. The van der Waals surface area contributed by atoms with Crippen molar-refractivity contribution in [2.45, 2.75) is 108 Å². The highest BCUT2D eigenvalue weighted by Gasteiger charge is 2.39. The van der Waals surface area contributed by atoms with E-state index in [1.165, 1.54) is 16.7 Å². The number of unbranched alkanes of at least 4 members (excludes halogenated alkanes) is 2. The fraction of sp³-hybridized carbons (Fsp3) is 0.606. The number of likely N-dealkylation sites (tertiary alicyclic amines) is 1. The molecule has 268 valence electrons. The zero-order valence-corrected chi connectivity index (χ0v) is 29.6. The molecule has 1 heterocycles. The normalized spacial score (nSPS) is 16.1. The minimum absolute atomic E-state index is 0.0314. The highest BCUT2D eigenvalue weighted by molar-refractivity contribution is 8.01. The quantitative estimate of drug-likeness (QED) is 0.0725. The summed E-state index contributed by atoms with van der Waals surface area (Å²) in [5.41, 5.74) is 6.21. The Bertz CT molecular complexity index is 1310. The third kappa shape index (κ3) is 14.9. The highest BCUT2D eigenvalue weighted by Crippen LogP contribution is 2.29. The van der Waals surface area contributed by atoms with E-state index in [9.17, 15) is 33.6 Å². The van der Waals surface area contributed by atoms with E-state index in [2.05, 4.69) is 21.3 Å². The molecular formula is C33H49BN6O8S. The molecule has 0 spiro atoms. The molecule has 1 saturated heterocycles. The Balaban J connectivity index is 1.91. The molecule has 2 rings (SSSR count). The molecule has 1 aromatic carbocycles. The average Bonchev–Trinajstić information content (AvgIpc) is 3.30. The van der Waals surface area contributed by atoms with E-state index in [1.54, 1.807) is 38.1 Å². The van der Waals surface area contributed by atoms with Gasteiger partial charge in [0.05, 0.1) is 5.25 Å². The fourth-order valence-electron chi connectivity index (χ4n) is 5.00. The maximum atomic E-state index is 13.4. The average molecular weight is 701 g/mol. The maximum Gasteiger partial charge on any atom is 0.312 e. The molecular weight excluding hydrogens is 651 g/mol. The van der Waals surface area contributed by atoms with Crippen LogP contribution in [-0.4, -0.2) is 89.9 Å². The van der Waals surface area contributed by atoms with Crippen LogP contribution in [0.4, 0.5) is 15.3 Å². The zero-order valence-electron chi connectivity index (χ0n) is 28.8. The van der Waals surface area contributed by atoms with E-state index < -0.39 is 35.8 Å². The van der Waals surface area contributed by atoms with Gasteiger partial charge in [-0.25, -0.2) is 4.79 Å². The first kappa shape index (κ1) is 41.1. The number of nitrogens with one attached hydrogen (secondary N) is 4. The maximum absolute atomic E-state index is 13.4. The summed E-state index contributed by atoms with van der Waals surface area (Å²) < 4.78 is 4.76. The van der Waals surface area contributed by atoms with Gasteiger partial charge in [0, 0.05) is 36.9 Å². The number of rotatable bonds is 21. The smallest absolute Gasteiger partial charge is 0.312 e. The van der Waals surface area contributed by atoms with Crippen LogP contribution in [0.1, 0.15) is 84.6 Å². The Morgan fingerprint density at radius 3 is 2.31 bits per heavy atom. The van der Waals surface area contributed by atoms with Gasteiger partial charge < -0.3 is 31.7 Å². The number of amides is 7. The number of nitrogens with two attached hydrogens (primary N) is 1. The minimum Gasteiger partial charge on any atom is -0.470 e. The van der Waals surface area contributed by atoms with Crippen LogP contribution in [0.2, 0.25) is 0 Å². The second-order valence-corrected chi connectivity index (χ2v) is 14.0. The van der Waals surface area contributed by atoms with Crippen LogP contribution >= 0.6 is 11.8 Å². The Morgan fingerprint density at radius 2 is 1.69 bits per heavy atom. The largest absolute Gasteiger partial charge is 0.470 e. The molecule has 0 bridgehead atoms. The van der Waals surface area contributed by atoms with Gasteiger partial charge in [0.15, 0.2) is 0 Å². The molecule has 1 aliphatic rings. The van der Waals surface area contributed by atoms with Crippen LogP contribution in [0.3, 0.4) is 0 Å². The summed E-state index contributed by atoms with van der Waals surface area (Å²) in [5.74, 6) is -2.89. The Hall–Kier alpha value is -4.08. The van der Waals surface area contributed by atoms with Gasteiger partial charge in [-0.3, -0.25) is 33.7 Å². The predicted octanol–water partition coefficient (Wildman–Crippen LogP) is 2.72. The van der Waals surface area contributed by atoms with Gasteiger partial charge in [-0.05, 0) is 55.7 Å². The topological polar surface area (TPSA) is 206 Å². The molecule has 14 nitrogen and oxygen atoms in total. The van der Waals surface area contributed by atoms with E-state index in [1.807, 2.05) is 13.8 Å². The molecule has 4 atom stereocenters. The van der Waals surface area contributed by atoms with Gasteiger partial charge in [0.25, 0.3) is 0 Å². The van der Waals surface area contributed by atoms with Gasteiger partial charge >= 0.3 is 6.03 Å². The summed E-state index contributed by atoms with van der Waals surface area (Å²) in [5, 5.41) is 10.7. The third-order valence-electron chi connectivity index (χ3n) is 7.93. The van der Waals surface area contributed by atoms with Crippen molar-refractivity contribution in [3.8, 4) is 0 Å². The molecule has 3 unspecified atom stereocenters. The number of urea groups is 1. The van der Waals surface area contributed by atoms with Gasteiger partial charge in [0.2, 0.25) is 43.3 Å². The van der Waals surface area contributed by atoms with Crippen LogP contribution < -0.4 is 27.0 Å². The van der Waals surface area contributed by atoms with Crippen LogP contribution in [-0.2, 0) is 35.3 Å². The van der Waals surface area contributed by atoms with Gasteiger partial charge in [-0.15, -0.1) is 11.8 Å². The SMILES string of the molecule is [B]C(=O)OCc1ccc(NC(=O)[C@H](CCCNC(N)=O)NC(=O)C(NC(=O)CCCCCN2C(=O)CC(SC(C)CC)C2=O)C(C)C)cc1. The highest BCUT2D eigenvalue weighted by atomic mass is 32.2. The van der Waals surface area contributed by atoms with Gasteiger partial charge in [-0.1, -0.05) is 46.2 Å². The summed E-state index contributed by atoms with van der Waals surface area (Å²) in [7, 11) is 4.99. The second kappa shape index (κ2) is 21.1. The Kier molecular flexibility index (Phi) is 17.7. The summed E-state index contributed by atoms with van der Waals surface area (Å²) in [6.07, 6.45) is 3.49. The molecule has 1 aromatic rings. The number of carbonyl (C=O) groups excluding carboxylic acids is 7. The van der Waals surface area contributed by atoms with Crippen LogP contribution in [0.5, 0.6) is 0 Å². The molecule has 6 N–H and O–H groups in total. The molecule has 0 aliphatic carbocycles. The minimum atomic E-state index is -1.00. The second-order valence-electron chi connectivity index (χ2n) is 12.3. The first-order valence-corrected chi connectivity index (χ1v) is 17.6. The summed E-state index contributed by atoms with van der Waals surface area (Å²) in [6, 6.07) is 3.86. The first-order chi connectivity index (χ1) is 23.2. The number of thioether (sulfide) groups is 1. The van der Waals surface area contributed by atoms with E-state index >= 15 is 0 Å². The lowest BCUT2D eigenvalue weighted by Crippen LogP contribution is -2.54. The summed E-state index contributed by atoms with van der Waals surface area (Å²) >= 11 is 1.54. The van der Waals surface area contributed by atoms with E-state index in [-0.39, 0.29) is 61.3 Å². The molecule has 1 aliphatic heterocycles. The number of imide groups is 1. The van der Waals surface area contributed by atoms with E-state index in [4.69, 9.17) is 18.3 Å². The molecule has 7 amide bonds. The number of hydrogen-bond donors (Lipinski definition) is 5. The van der Waals surface area contributed by atoms with Crippen molar-refractivity contribution < 1.29 is 38.3 Å². The lowest BCUT2D eigenvalue weighted by atomic mass is 10.0. The van der Waals surface area contributed by atoms with Crippen molar-refractivity contribution >= 4 is 66.7 Å².